The van der Waals surface area contributed by atoms with Crippen LogP contribution in [0.15, 0.2) is 121 Å². The third-order valence-electron chi connectivity index (χ3n) is 6.23. The summed E-state index contributed by atoms with van der Waals surface area (Å²) < 4.78 is 22.1. The number of benzene rings is 5. The van der Waals surface area contributed by atoms with Gasteiger partial charge in [-0.25, -0.2) is 0 Å². The van der Waals surface area contributed by atoms with E-state index in [9.17, 15) is 9.59 Å². The van der Waals surface area contributed by atoms with E-state index >= 15 is 0 Å². The first-order valence-corrected chi connectivity index (χ1v) is 12.6. The van der Waals surface area contributed by atoms with Gasteiger partial charge in [-0.15, -0.1) is 0 Å². The van der Waals surface area contributed by atoms with E-state index in [0.29, 0.717) is 56.8 Å². The number of carbonyl (C=O) groups excluding carboxylic acids is 2. The maximum atomic E-state index is 12.7. The Bertz CT molecular complexity index is 1460. The molecule has 0 radical (unpaired) electrons. The molecule has 0 unspecified atom stereocenters. The number of hydrogen-bond acceptors (Lipinski definition) is 6. The zero-order valence-corrected chi connectivity index (χ0v) is 22.0. The Hall–Kier alpha value is -5.36. The Labute approximate surface area is 232 Å². The first-order chi connectivity index (χ1) is 19.5. The highest BCUT2D eigenvalue weighted by atomic mass is 16.5. The molecule has 5 aromatic carbocycles. The van der Waals surface area contributed by atoms with Crippen LogP contribution in [0.3, 0.4) is 0 Å². The molecule has 5 rings (SSSR count). The molecule has 0 bridgehead atoms. The minimum absolute atomic E-state index is 0.0752. The van der Waals surface area contributed by atoms with E-state index in [2.05, 4.69) is 0 Å². The third-order valence-corrected chi connectivity index (χ3v) is 6.23. The molecular formula is C34H26O6. The molecule has 0 aliphatic heterocycles. The van der Waals surface area contributed by atoms with Crippen LogP contribution in [0.4, 0.5) is 0 Å². The van der Waals surface area contributed by atoms with E-state index in [1.807, 2.05) is 0 Å². The number of carbonyl (C=O) groups is 2. The van der Waals surface area contributed by atoms with Gasteiger partial charge in [-0.3, -0.25) is 9.59 Å². The van der Waals surface area contributed by atoms with Crippen LogP contribution in [0, 0.1) is 0 Å². The molecule has 0 fully saturated rings. The summed E-state index contributed by atoms with van der Waals surface area (Å²) >= 11 is 0. The van der Waals surface area contributed by atoms with Crippen molar-refractivity contribution in [1.29, 1.82) is 0 Å². The van der Waals surface area contributed by atoms with Crippen LogP contribution in [-0.2, 0) is 0 Å². The summed E-state index contributed by atoms with van der Waals surface area (Å²) in [4.78, 5) is 25.5. The largest absolute Gasteiger partial charge is 0.497 e. The fourth-order valence-corrected chi connectivity index (χ4v) is 4.01. The van der Waals surface area contributed by atoms with Gasteiger partial charge in [0, 0.05) is 22.3 Å². The summed E-state index contributed by atoms with van der Waals surface area (Å²) in [6.45, 7) is 0. The molecule has 0 heterocycles. The number of methoxy groups -OCH3 is 2. The molecule has 0 atom stereocenters. The third kappa shape index (κ3) is 6.19. The molecule has 0 N–H and O–H groups in total. The Kier molecular flexibility index (Phi) is 7.88. The summed E-state index contributed by atoms with van der Waals surface area (Å²) in [6, 6.07) is 35.2. The second kappa shape index (κ2) is 12.0. The van der Waals surface area contributed by atoms with Crippen LogP contribution >= 0.6 is 0 Å². The van der Waals surface area contributed by atoms with Crippen molar-refractivity contribution in [1.82, 2.24) is 0 Å². The lowest BCUT2D eigenvalue weighted by Crippen LogP contribution is -2.01. The summed E-state index contributed by atoms with van der Waals surface area (Å²) in [5.41, 5.74) is 2.31. The van der Waals surface area contributed by atoms with E-state index in [1.54, 1.807) is 136 Å². The van der Waals surface area contributed by atoms with E-state index in [4.69, 9.17) is 18.9 Å². The Balaban J connectivity index is 1.17. The molecule has 0 aliphatic rings. The molecule has 6 heteroatoms. The topological polar surface area (TPSA) is 71.1 Å². The zero-order valence-electron chi connectivity index (χ0n) is 22.0. The molecule has 40 heavy (non-hydrogen) atoms. The van der Waals surface area contributed by atoms with Crippen molar-refractivity contribution < 1.29 is 28.5 Å². The predicted octanol–water partition coefficient (Wildman–Crippen LogP) is 7.75. The summed E-state index contributed by atoms with van der Waals surface area (Å²) in [7, 11) is 3.18. The predicted molar refractivity (Wildman–Crippen MR) is 152 cm³/mol. The van der Waals surface area contributed by atoms with E-state index in [0.717, 1.165) is 0 Å². The second-order valence-corrected chi connectivity index (χ2v) is 8.84. The van der Waals surface area contributed by atoms with E-state index in [1.165, 1.54) is 0 Å². The van der Waals surface area contributed by atoms with Crippen molar-refractivity contribution in [2.75, 3.05) is 14.2 Å². The number of rotatable bonds is 10. The number of ether oxygens (including phenoxy) is 4. The quantitative estimate of drug-likeness (QED) is 0.172. The highest BCUT2D eigenvalue weighted by Crippen LogP contribution is 2.28. The van der Waals surface area contributed by atoms with Crippen molar-refractivity contribution >= 4 is 11.6 Å². The smallest absolute Gasteiger partial charge is 0.193 e. The van der Waals surface area contributed by atoms with Crippen LogP contribution in [0.2, 0.25) is 0 Å². The molecule has 0 aromatic heterocycles. The number of hydrogen-bond donors (Lipinski definition) is 0. The Morgan fingerprint density at radius 2 is 0.550 bits per heavy atom. The average Bonchev–Trinajstić information content (AvgIpc) is 3.02. The van der Waals surface area contributed by atoms with Crippen LogP contribution in [0.25, 0.3) is 0 Å². The van der Waals surface area contributed by atoms with Gasteiger partial charge in [0.05, 0.1) is 14.2 Å². The molecule has 0 saturated carbocycles. The minimum Gasteiger partial charge on any atom is -0.497 e. The number of ketones is 2. The molecular weight excluding hydrogens is 504 g/mol. The van der Waals surface area contributed by atoms with Gasteiger partial charge < -0.3 is 18.9 Å². The van der Waals surface area contributed by atoms with Gasteiger partial charge in [-0.05, 0) is 121 Å². The molecule has 0 spiro atoms. The van der Waals surface area contributed by atoms with Crippen molar-refractivity contribution in [3.05, 3.63) is 144 Å². The Morgan fingerprint density at radius 1 is 0.350 bits per heavy atom. The SMILES string of the molecule is COc1ccc(C(=O)c2ccc(Oc3ccc(Oc4ccc(C(=O)c5ccc(OC)cc5)cc4)cc3)cc2)cc1. The highest BCUT2D eigenvalue weighted by Gasteiger charge is 2.11. The molecule has 0 aliphatic carbocycles. The molecule has 0 amide bonds. The van der Waals surface area contributed by atoms with Gasteiger partial charge in [0.25, 0.3) is 0 Å². The van der Waals surface area contributed by atoms with Crippen molar-refractivity contribution in [2.45, 2.75) is 0 Å². The summed E-state index contributed by atoms with van der Waals surface area (Å²) in [5, 5.41) is 0. The minimum atomic E-state index is -0.0752. The van der Waals surface area contributed by atoms with Crippen molar-refractivity contribution in [3.63, 3.8) is 0 Å². The molecule has 198 valence electrons. The van der Waals surface area contributed by atoms with Gasteiger partial charge in [-0.1, -0.05) is 0 Å². The monoisotopic (exact) mass is 530 g/mol. The fourth-order valence-electron chi connectivity index (χ4n) is 4.01. The molecule has 5 aromatic rings. The average molecular weight is 531 g/mol. The van der Waals surface area contributed by atoms with Crippen LogP contribution in [-0.4, -0.2) is 25.8 Å². The summed E-state index contributed by atoms with van der Waals surface area (Å²) in [6.07, 6.45) is 0. The maximum absolute atomic E-state index is 12.7. The van der Waals surface area contributed by atoms with Crippen molar-refractivity contribution in [3.8, 4) is 34.5 Å². The zero-order chi connectivity index (χ0) is 27.9. The van der Waals surface area contributed by atoms with Crippen LogP contribution in [0.5, 0.6) is 34.5 Å². The first kappa shape index (κ1) is 26.3. The molecule has 6 nitrogen and oxygen atoms in total. The lowest BCUT2D eigenvalue weighted by atomic mass is 10.0. The highest BCUT2D eigenvalue weighted by molar-refractivity contribution is 6.09. The summed E-state index contributed by atoms with van der Waals surface area (Å²) in [5.74, 6) is 3.72. The first-order valence-electron chi connectivity index (χ1n) is 12.6. The van der Waals surface area contributed by atoms with Gasteiger partial charge in [0.15, 0.2) is 11.6 Å². The fraction of sp³-hybridized carbons (Fsp3) is 0.0588. The lowest BCUT2D eigenvalue weighted by Gasteiger charge is -2.10. The molecule has 0 saturated heterocycles. The van der Waals surface area contributed by atoms with E-state index in [-0.39, 0.29) is 11.6 Å². The maximum Gasteiger partial charge on any atom is 0.193 e. The van der Waals surface area contributed by atoms with Gasteiger partial charge in [-0.2, -0.15) is 0 Å². The Morgan fingerprint density at radius 3 is 0.775 bits per heavy atom. The van der Waals surface area contributed by atoms with Crippen LogP contribution < -0.4 is 18.9 Å². The van der Waals surface area contributed by atoms with Crippen molar-refractivity contribution in [2.24, 2.45) is 0 Å². The van der Waals surface area contributed by atoms with E-state index < -0.39 is 0 Å². The lowest BCUT2D eigenvalue weighted by molar-refractivity contribution is 0.103. The standard InChI is InChI=1S/C34H26O6/c1-37-27-11-3-23(4-12-27)33(35)25-7-15-29(16-8-25)39-31-19-21-32(22-20-31)40-30-17-9-26(10-18-30)34(36)24-5-13-28(38-2)14-6-24/h3-22H,1-2H3. The van der Waals surface area contributed by atoms with Gasteiger partial charge >= 0.3 is 0 Å². The van der Waals surface area contributed by atoms with Gasteiger partial charge in [0.1, 0.15) is 34.5 Å². The second-order valence-electron chi connectivity index (χ2n) is 8.84. The van der Waals surface area contributed by atoms with Gasteiger partial charge in [0.2, 0.25) is 0 Å². The van der Waals surface area contributed by atoms with Crippen LogP contribution in [0.1, 0.15) is 31.8 Å². The normalized spacial score (nSPS) is 10.4.